The summed E-state index contributed by atoms with van der Waals surface area (Å²) in [6.07, 6.45) is 3.94. The van der Waals surface area contributed by atoms with E-state index < -0.39 is 11.6 Å². The first-order chi connectivity index (χ1) is 12.1. The predicted octanol–water partition coefficient (Wildman–Crippen LogP) is 2.12. The van der Waals surface area contributed by atoms with Gasteiger partial charge in [-0.1, -0.05) is 0 Å². The Labute approximate surface area is 146 Å². The van der Waals surface area contributed by atoms with Gasteiger partial charge < -0.3 is 9.80 Å². The van der Waals surface area contributed by atoms with E-state index in [2.05, 4.69) is 31.7 Å². The van der Waals surface area contributed by atoms with E-state index in [0.29, 0.717) is 22.8 Å². The summed E-state index contributed by atoms with van der Waals surface area (Å²) in [6.45, 7) is 5.92. The standard InChI is InChI=1S/C18H23F2N5/c1-23-4-2-3-13(11-23)24-5-7-25(8-6-24)18-14-9-15(19)16(20)10-17(14)21-12-22-18/h9-10,12-13H,2-8,11H2,1H3/t13-/m0/s1. The Bertz CT molecular complexity index is 760. The number of piperidine rings is 1. The highest BCUT2D eigenvalue weighted by Crippen LogP contribution is 2.27. The van der Waals surface area contributed by atoms with Crippen LogP contribution in [0.5, 0.6) is 0 Å². The first-order valence-electron chi connectivity index (χ1n) is 8.89. The molecule has 5 nitrogen and oxygen atoms in total. The van der Waals surface area contributed by atoms with Crippen LogP contribution in [0.3, 0.4) is 0 Å². The lowest BCUT2D eigenvalue weighted by molar-refractivity contribution is 0.106. The molecule has 2 fully saturated rings. The lowest BCUT2D eigenvalue weighted by atomic mass is 10.0. The average Bonchev–Trinajstić information content (AvgIpc) is 2.62. The van der Waals surface area contributed by atoms with Crippen molar-refractivity contribution < 1.29 is 8.78 Å². The van der Waals surface area contributed by atoms with Crippen molar-refractivity contribution in [3.8, 4) is 0 Å². The van der Waals surface area contributed by atoms with E-state index in [1.165, 1.54) is 31.8 Å². The largest absolute Gasteiger partial charge is 0.353 e. The fraction of sp³-hybridized carbons (Fsp3) is 0.556. The number of nitrogens with zero attached hydrogens (tertiary/aromatic N) is 5. The molecule has 0 bridgehead atoms. The second kappa shape index (κ2) is 6.80. The number of piperazine rings is 1. The van der Waals surface area contributed by atoms with Crippen LogP contribution in [0.1, 0.15) is 12.8 Å². The van der Waals surface area contributed by atoms with Crippen molar-refractivity contribution in [1.29, 1.82) is 0 Å². The molecule has 7 heteroatoms. The number of aromatic nitrogens is 2. The summed E-state index contributed by atoms with van der Waals surface area (Å²) in [5.41, 5.74) is 0.445. The van der Waals surface area contributed by atoms with E-state index in [0.717, 1.165) is 38.8 Å². The second-order valence-corrected chi connectivity index (χ2v) is 7.06. The van der Waals surface area contributed by atoms with Crippen molar-refractivity contribution in [1.82, 2.24) is 19.8 Å². The highest BCUT2D eigenvalue weighted by atomic mass is 19.2. The Morgan fingerprint density at radius 3 is 2.52 bits per heavy atom. The zero-order valence-corrected chi connectivity index (χ0v) is 14.5. The van der Waals surface area contributed by atoms with Crippen molar-refractivity contribution in [3.63, 3.8) is 0 Å². The number of hydrogen-bond acceptors (Lipinski definition) is 5. The third kappa shape index (κ3) is 3.30. The van der Waals surface area contributed by atoms with Gasteiger partial charge in [0.2, 0.25) is 0 Å². The van der Waals surface area contributed by atoms with Gasteiger partial charge in [0.15, 0.2) is 11.6 Å². The number of likely N-dealkylation sites (N-methyl/N-ethyl adjacent to an activating group) is 1. The van der Waals surface area contributed by atoms with Crippen molar-refractivity contribution in [2.24, 2.45) is 0 Å². The topological polar surface area (TPSA) is 35.5 Å². The SMILES string of the molecule is CN1CCC[C@H](N2CCN(c3ncnc4cc(F)c(F)cc34)CC2)C1. The maximum absolute atomic E-state index is 13.7. The molecule has 2 aliphatic heterocycles. The van der Waals surface area contributed by atoms with Gasteiger partial charge >= 0.3 is 0 Å². The van der Waals surface area contributed by atoms with Gasteiger partial charge in [-0.25, -0.2) is 18.7 Å². The quantitative estimate of drug-likeness (QED) is 0.832. The first-order valence-corrected chi connectivity index (χ1v) is 8.89. The van der Waals surface area contributed by atoms with Crippen LogP contribution in [0.2, 0.25) is 0 Å². The summed E-state index contributed by atoms with van der Waals surface area (Å²) in [4.78, 5) is 15.5. The number of halogens is 2. The minimum absolute atomic E-state index is 0.445. The molecule has 0 N–H and O–H groups in total. The number of fused-ring (bicyclic) bond motifs is 1. The number of rotatable bonds is 2. The Morgan fingerprint density at radius 1 is 1.00 bits per heavy atom. The fourth-order valence-electron chi connectivity index (χ4n) is 4.03. The summed E-state index contributed by atoms with van der Waals surface area (Å²) in [6, 6.07) is 2.97. The molecule has 0 saturated carbocycles. The number of anilines is 1. The molecule has 2 aromatic rings. The summed E-state index contributed by atoms with van der Waals surface area (Å²) in [7, 11) is 2.18. The smallest absolute Gasteiger partial charge is 0.161 e. The van der Waals surface area contributed by atoms with Crippen molar-refractivity contribution in [3.05, 3.63) is 30.1 Å². The predicted molar refractivity (Wildman–Crippen MR) is 93.8 cm³/mol. The van der Waals surface area contributed by atoms with Gasteiger partial charge in [-0.15, -0.1) is 0 Å². The van der Waals surface area contributed by atoms with E-state index in [1.807, 2.05) is 0 Å². The molecule has 0 radical (unpaired) electrons. The highest BCUT2D eigenvalue weighted by Gasteiger charge is 2.28. The minimum atomic E-state index is -0.872. The maximum Gasteiger partial charge on any atom is 0.161 e. The van der Waals surface area contributed by atoms with E-state index in [1.54, 1.807) is 0 Å². The Hall–Kier alpha value is -1.86. The molecule has 25 heavy (non-hydrogen) atoms. The molecule has 134 valence electrons. The molecule has 4 rings (SSSR count). The number of benzene rings is 1. The molecule has 2 saturated heterocycles. The molecule has 3 heterocycles. The molecule has 0 unspecified atom stereocenters. The van der Waals surface area contributed by atoms with Gasteiger partial charge in [0.25, 0.3) is 0 Å². The van der Waals surface area contributed by atoms with Gasteiger partial charge in [-0.05, 0) is 32.5 Å². The van der Waals surface area contributed by atoms with Gasteiger partial charge in [0, 0.05) is 50.2 Å². The highest BCUT2D eigenvalue weighted by molar-refractivity contribution is 5.89. The zero-order chi connectivity index (χ0) is 17.4. The molecule has 0 aliphatic carbocycles. The zero-order valence-electron chi connectivity index (χ0n) is 14.5. The van der Waals surface area contributed by atoms with Crippen LogP contribution in [0.25, 0.3) is 10.9 Å². The molecule has 1 atom stereocenters. The number of likely N-dealkylation sites (tertiary alicyclic amines) is 1. The van der Waals surface area contributed by atoms with E-state index >= 15 is 0 Å². The minimum Gasteiger partial charge on any atom is -0.353 e. The third-order valence-corrected chi connectivity index (χ3v) is 5.39. The fourth-order valence-corrected chi connectivity index (χ4v) is 4.03. The van der Waals surface area contributed by atoms with E-state index in [4.69, 9.17) is 0 Å². The summed E-state index contributed by atoms with van der Waals surface area (Å²) in [5, 5.41) is 0.576. The van der Waals surface area contributed by atoms with Crippen LogP contribution in [-0.2, 0) is 0 Å². The second-order valence-electron chi connectivity index (χ2n) is 7.06. The molecule has 1 aromatic heterocycles. The van der Waals surface area contributed by atoms with Crippen LogP contribution in [0.4, 0.5) is 14.6 Å². The molecular formula is C18H23F2N5. The van der Waals surface area contributed by atoms with Crippen molar-refractivity contribution in [2.45, 2.75) is 18.9 Å². The van der Waals surface area contributed by atoms with Crippen LogP contribution < -0.4 is 4.90 Å². The molecule has 2 aliphatic rings. The van der Waals surface area contributed by atoms with Crippen molar-refractivity contribution in [2.75, 3.05) is 51.2 Å². The monoisotopic (exact) mass is 347 g/mol. The molecule has 0 amide bonds. The lowest BCUT2D eigenvalue weighted by Gasteiger charge is -2.43. The van der Waals surface area contributed by atoms with E-state index in [9.17, 15) is 8.78 Å². The summed E-state index contributed by atoms with van der Waals surface area (Å²) in [5.74, 6) is -1.03. The van der Waals surface area contributed by atoms with Crippen LogP contribution in [0.15, 0.2) is 18.5 Å². The average molecular weight is 347 g/mol. The summed E-state index contributed by atoms with van der Waals surface area (Å²) >= 11 is 0. The molecule has 1 aromatic carbocycles. The van der Waals surface area contributed by atoms with Gasteiger partial charge in [-0.2, -0.15) is 0 Å². The van der Waals surface area contributed by atoms with Crippen LogP contribution in [0, 0.1) is 11.6 Å². The van der Waals surface area contributed by atoms with Gasteiger partial charge in [0.1, 0.15) is 12.1 Å². The van der Waals surface area contributed by atoms with Crippen LogP contribution >= 0.6 is 0 Å². The lowest BCUT2D eigenvalue weighted by Crippen LogP contribution is -2.54. The Kier molecular flexibility index (Phi) is 4.52. The Morgan fingerprint density at radius 2 is 1.76 bits per heavy atom. The number of hydrogen-bond donors (Lipinski definition) is 0. The first kappa shape index (κ1) is 16.6. The van der Waals surface area contributed by atoms with Gasteiger partial charge in [-0.3, -0.25) is 4.90 Å². The Balaban J connectivity index is 1.51. The van der Waals surface area contributed by atoms with Crippen molar-refractivity contribution >= 4 is 16.7 Å². The summed E-state index contributed by atoms with van der Waals surface area (Å²) < 4.78 is 27.1. The normalized spacial score (nSPS) is 23.3. The maximum atomic E-state index is 13.7. The molecular weight excluding hydrogens is 324 g/mol. The van der Waals surface area contributed by atoms with Crippen LogP contribution in [-0.4, -0.2) is 72.1 Å². The van der Waals surface area contributed by atoms with Gasteiger partial charge in [0.05, 0.1) is 5.52 Å². The third-order valence-electron chi connectivity index (χ3n) is 5.39. The van der Waals surface area contributed by atoms with E-state index in [-0.39, 0.29) is 0 Å². The molecule has 0 spiro atoms.